The third kappa shape index (κ3) is 1.97. The van der Waals surface area contributed by atoms with E-state index in [2.05, 4.69) is 16.9 Å². The molecule has 78 valence electrons. The fourth-order valence-electron chi connectivity index (χ4n) is 1.38. The van der Waals surface area contributed by atoms with Gasteiger partial charge in [-0.05, 0) is 6.42 Å². The lowest BCUT2D eigenvalue weighted by Gasteiger charge is -2.03. The third-order valence-electron chi connectivity index (χ3n) is 2.04. The number of thiazole rings is 1. The van der Waals surface area contributed by atoms with E-state index in [-0.39, 0.29) is 5.78 Å². The van der Waals surface area contributed by atoms with E-state index in [4.69, 9.17) is 0 Å². The molecule has 0 amide bonds. The normalized spacial score (nSPS) is 10.5. The number of hydrogen-bond acceptors (Lipinski definition) is 4. The van der Waals surface area contributed by atoms with Crippen molar-refractivity contribution in [1.29, 1.82) is 0 Å². The molecule has 15 heavy (non-hydrogen) atoms. The lowest BCUT2D eigenvalue weighted by molar-refractivity contribution is 0.102. The summed E-state index contributed by atoms with van der Waals surface area (Å²) in [6, 6.07) is 0. The first-order chi connectivity index (χ1) is 7.33. The molecule has 2 rings (SSSR count). The van der Waals surface area contributed by atoms with Crippen LogP contribution in [0.5, 0.6) is 0 Å². The van der Waals surface area contributed by atoms with Crippen LogP contribution in [0.1, 0.15) is 28.8 Å². The van der Waals surface area contributed by atoms with Crippen molar-refractivity contribution in [2.75, 3.05) is 0 Å². The van der Waals surface area contributed by atoms with Crippen LogP contribution in [0.4, 0.5) is 0 Å². The topological polar surface area (TPSA) is 47.8 Å². The van der Waals surface area contributed by atoms with Crippen molar-refractivity contribution >= 4 is 17.1 Å². The van der Waals surface area contributed by atoms with E-state index in [0.717, 1.165) is 13.0 Å². The Morgan fingerprint density at radius 1 is 1.60 bits per heavy atom. The maximum absolute atomic E-state index is 12.0. The van der Waals surface area contributed by atoms with E-state index in [0.29, 0.717) is 10.7 Å². The van der Waals surface area contributed by atoms with Crippen molar-refractivity contribution in [2.45, 2.75) is 19.9 Å². The second kappa shape index (κ2) is 4.35. The first-order valence-electron chi connectivity index (χ1n) is 4.77. The fourth-order valence-corrected chi connectivity index (χ4v) is 1.93. The second-order valence-electron chi connectivity index (χ2n) is 3.14. The highest BCUT2D eigenvalue weighted by Crippen LogP contribution is 2.12. The van der Waals surface area contributed by atoms with Crippen molar-refractivity contribution in [2.24, 2.45) is 0 Å². The molecule has 2 heterocycles. The number of imidazole rings is 1. The molecule has 0 aliphatic rings. The van der Waals surface area contributed by atoms with Gasteiger partial charge in [0.25, 0.3) is 0 Å². The van der Waals surface area contributed by atoms with Crippen molar-refractivity contribution in [3.8, 4) is 0 Å². The number of ketones is 1. The zero-order chi connectivity index (χ0) is 10.7. The number of rotatable bonds is 4. The first-order valence-corrected chi connectivity index (χ1v) is 5.65. The van der Waals surface area contributed by atoms with Gasteiger partial charge < -0.3 is 4.57 Å². The molecule has 5 heteroatoms. The molecule has 0 unspecified atom stereocenters. The van der Waals surface area contributed by atoms with Gasteiger partial charge >= 0.3 is 0 Å². The number of aryl methyl sites for hydroxylation is 1. The van der Waals surface area contributed by atoms with Gasteiger partial charge in [-0.2, -0.15) is 0 Å². The van der Waals surface area contributed by atoms with Crippen LogP contribution in [0.15, 0.2) is 24.1 Å². The first kappa shape index (κ1) is 10.0. The monoisotopic (exact) mass is 221 g/mol. The average molecular weight is 221 g/mol. The summed E-state index contributed by atoms with van der Waals surface area (Å²) in [5.41, 5.74) is 1.65. The minimum Gasteiger partial charge on any atom is -0.328 e. The van der Waals surface area contributed by atoms with Crippen LogP contribution in [0, 0.1) is 0 Å². The summed E-state index contributed by atoms with van der Waals surface area (Å²) in [7, 11) is 0. The molecule has 2 aromatic heterocycles. The Hall–Kier alpha value is -1.49. The number of carbonyl (C=O) groups excluding carboxylic acids is 1. The van der Waals surface area contributed by atoms with Crippen molar-refractivity contribution in [3.63, 3.8) is 0 Å². The maximum atomic E-state index is 12.0. The molecule has 0 saturated heterocycles. The lowest BCUT2D eigenvalue weighted by Crippen LogP contribution is -2.10. The van der Waals surface area contributed by atoms with E-state index in [1.807, 2.05) is 10.8 Å². The number of aromatic nitrogens is 3. The van der Waals surface area contributed by atoms with Crippen LogP contribution in [0.2, 0.25) is 0 Å². The average Bonchev–Trinajstić information content (AvgIpc) is 2.87. The van der Waals surface area contributed by atoms with Crippen LogP contribution < -0.4 is 0 Å². The van der Waals surface area contributed by atoms with Gasteiger partial charge in [0.05, 0.1) is 10.4 Å². The van der Waals surface area contributed by atoms with Crippen molar-refractivity contribution in [3.05, 3.63) is 34.8 Å². The fraction of sp³-hybridized carbons (Fsp3) is 0.300. The minimum atomic E-state index is -0.0454. The molecular formula is C10H11N3OS. The highest BCUT2D eigenvalue weighted by atomic mass is 32.1. The highest BCUT2D eigenvalue weighted by Gasteiger charge is 2.15. The second-order valence-corrected chi connectivity index (χ2v) is 4.03. The summed E-state index contributed by atoms with van der Waals surface area (Å²) in [5, 5.41) is 0. The van der Waals surface area contributed by atoms with Crippen LogP contribution in [0.25, 0.3) is 0 Å². The van der Waals surface area contributed by atoms with E-state index >= 15 is 0 Å². The number of carbonyl (C=O) groups is 1. The van der Waals surface area contributed by atoms with Crippen LogP contribution in [-0.4, -0.2) is 20.3 Å². The zero-order valence-electron chi connectivity index (χ0n) is 8.38. The smallest absolute Gasteiger partial charge is 0.239 e. The van der Waals surface area contributed by atoms with Gasteiger partial charge in [-0.15, -0.1) is 11.3 Å². The highest BCUT2D eigenvalue weighted by molar-refractivity contribution is 7.11. The predicted octanol–water partition coefficient (Wildman–Crippen LogP) is 1.98. The predicted molar refractivity (Wildman–Crippen MR) is 58.1 cm³/mol. The Morgan fingerprint density at radius 2 is 2.47 bits per heavy atom. The van der Waals surface area contributed by atoms with E-state index in [1.165, 1.54) is 11.3 Å². The molecule has 0 aliphatic carbocycles. The number of hydrogen-bond donors (Lipinski definition) is 0. The molecule has 4 nitrogen and oxygen atoms in total. The Balaban J connectivity index is 2.29. The van der Waals surface area contributed by atoms with Gasteiger partial charge in [-0.25, -0.2) is 4.98 Å². The van der Waals surface area contributed by atoms with Crippen molar-refractivity contribution in [1.82, 2.24) is 14.5 Å². The maximum Gasteiger partial charge on any atom is 0.239 e. The Kier molecular flexibility index (Phi) is 2.91. The summed E-state index contributed by atoms with van der Waals surface area (Å²) in [6.45, 7) is 2.89. The quantitative estimate of drug-likeness (QED) is 0.742. The molecule has 0 saturated carbocycles. The van der Waals surface area contributed by atoms with Gasteiger partial charge in [0.1, 0.15) is 0 Å². The Morgan fingerprint density at radius 3 is 3.13 bits per heavy atom. The van der Waals surface area contributed by atoms with Crippen LogP contribution >= 0.6 is 11.3 Å². The van der Waals surface area contributed by atoms with E-state index in [1.54, 1.807) is 17.9 Å². The van der Waals surface area contributed by atoms with Crippen LogP contribution in [-0.2, 0) is 6.54 Å². The molecule has 0 bridgehead atoms. The third-order valence-corrected chi connectivity index (χ3v) is 2.81. The zero-order valence-corrected chi connectivity index (χ0v) is 9.20. The largest absolute Gasteiger partial charge is 0.328 e. The Bertz CT molecular complexity index is 447. The Labute approximate surface area is 91.6 Å². The lowest BCUT2D eigenvalue weighted by atomic mass is 10.3. The molecule has 0 atom stereocenters. The molecule has 0 spiro atoms. The molecule has 0 aliphatic heterocycles. The summed E-state index contributed by atoms with van der Waals surface area (Å²) < 4.78 is 1.88. The molecule has 0 fully saturated rings. The summed E-state index contributed by atoms with van der Waals surface area (Å²) in [5.74, 6) is 0.456. The van der Waals surface area contributed by atoms with Gasteiger partial charge in [0, 0.05) is 25.1 Å². The molecule has 0 N–H and O–H groups in total. The molecule has 2 aromatic rings. The van der Waals surface area contributed by atoms with Crippen LogP contribution in [0.3, 0.4) is 0 Å². The minimum absolute atomic E-state index is 0.0454. The van der Waals surface area contributed by atoms with Gasteiger partial charge in [0.15, 0.2) is 5.82 Å². The van der Waals surface area contributed by atoms with Gasteiger partial charge in [0.2, 0.25) is 5.78 Å². The molecular weight excluding hydrogens is 210 g/mol. The number of nitrogens with zero attached hydrogens (tertiary/aromatic N) is 3. The van der Waals surface area contributed by atoms with E-state index < -0.39 is 0 Å². The summed E-state index contributed by atoms with van der Waals surface area (Å²) >= 11 is 1.34. The van der Waals surface area contributed by atoms with Crippen molar-refractivity contribution < 1.29 is 4.79 Å². The van der Waals surface area contributed by atoms with Gasteiger partial charge in [-0.3, -0.25) is 9.78 Å². The summed E-state index contributed by atoms with van der Waals surface area (Å²) in [6.07, 6.45) is 6.05. The molecule has 0 aromatic carbocycles. The molecule has 0 radical (unpaired) electrons. The van der Waals surface area contributed by atoms with Gasteiger partial charge in [-0.1, -0.05) is 6.92 Å². The standard InChI is InChI=1S/C10H11N3OS/c1-2-4-13-5-3-12-10(13)9(14)8-6-11-7-15-8/h3,5-7H,2,4H2,1H3. The summed E-state index contributed by atoms with van der Waals surface area (Å²) in [4.78, 5) is 20.6. The SMILES string of the molecule is CCCn1ccnc1C(=O)c1cncs1. The van der Waals surface area contributed by atoms with E-state index in [9.17, 15) is 4.79 Å².